The normalized spacial score (nSPS) is 12.9. The van der Waals surface area contributed by atoms with E-state index in [1.807, 2.05) is 18.2 Å². The van der Waals surface area contributed by atoms with Crippen LogP contribution in [0.1, 0.15) is 30.0 Å². The molecule has 3 rings (SSSR count). The summed E-state index contributed by atoms with van der Waals surface area (Å²) >= 11 is 1.76. The predicted octanol–water partition coefficient (Wildman–Crippen LogP) is 4.58. The van der Waals surface area contributed by atoms with E-state index in [9.17, 15) is 0 Å². The minimum absolute atomic E-state index is 0.160. The van der Waals surface area contributed by atoms with Gasteiger partial charge in [-0.05, 0) is 36.5 Å². The van der Waals surface area contributed by atoms with Crippen molar-refractivity contribution >= 4 is 22.3 Å². The minimum Gasteiger partial charge on any atom is -0.459 e. The number of fused-ring (bicyclic) bond motifs is 1. The molecule has 0 fully saturated rings. The fraction of sp³-hybridized carbons (Fsp3) is 0.250. The van der Waals surface area contributed by atoms with Crippen molar-refractivity contribution in [2.45, 2.75) is 19.4 Å². The van der Waals surface area contributed by atoms with Crippen LogP contribution in [0, 0.1) is 0 Å². The van der Waals surface area contributed by atoms with Crippen molar-refractivity contribution in [3.05, 3.63) is 58.5 Å². The number of rotatable bonds is 5. The van der Waals surface area contributed by atoms with Gasteiger partial charge in [-0.15, -0.1) is 11.3 Å². The maximum Gasteiger partial charge on any atom is 0.134 e. The van der Waals surface area contributed by atoms with Crippen molar-refractivity contribution in [1.29, 1.82) is 0 Å². The molecule has 0 bridgehead atoms. The van der Waals surface area contributed by atoms with Crippen LogP contribution in [0.3, 0.4) is 0 Å². The van der Waals surface area contributed by atoms with Gasteiger partial charge in [0.15, 0.2) is 0 Å². The average Bonchev–Trinajstić information content (AvgIpc) is 3.08. The second kappa shape index (κ2) is 5.59. The van der Waals surface area contributed by atoms with Crippen molar-refractivity contribution in [2.75, 3.05) is 6.54 Å². The lowest BCUT2D eigenvalue weighted by molar-refractivity contribution is 0.473. The fourth-order valence-corrected chi connectivity index (χ4v) is 3.04. The van der Waals surface area contributed by atoms with Gasteiger partial charge in [0.25, 0.3) is 0 Å². The standard InChI is InChI=1S/C16H17NOS/c1-2-9-17-16(15-8-5-10-19-15)14-11-12-6-3-4-7-13(12)18-14/h3-8,10-11,16-17H,2,9H2,1H3. The number of nitrogens with one attached hydrogen (secondary N) is 1. The number of hydrogen-bond donors (Lipinski definition) is 1. The van der Waals surface area contributed by atoms with Crippen LogP contribution in [-0.4, -0.2) is 6.54 Å². The summed E-state index contributed by atoms with van der Waals surface area (Å²) in [6, 6.07) is 14.7. The molecule has 0 aliphatic heterocycles. The fourth-order valence-electron chi connectivity index (χ4n) is 2.23. The van der Waals surface area contributed by atoms with Gasteiger partial charge in [-0.2, -0.15) is 0 Å². The summed E-state index contributed by atoms with van der Waals surface area (Å²) in [5.41, 5.74) is 0.956. The van der Waals surface area contributed by atoms with Crippen molar-refractivity contribution < 1.29 is 4.42 Å². The Kier molecular flexibility index (Phi) is 3.67. The van der Waals surface area contributed by atoms with Crippen LogP contribution in [0.5, 0.6) is 0 Å². The lowest BCUT2D eigenvalue weighted by Crippen LogP contribution is -2.21. The van der Waals surface area contributed by atoms with Crippen molar-refractivity contribution in [1.82, 2.24) is 5.32 Å². The van der Waals surface area contributed by atoms with E-state index < -0.39 is 0 Å². The molecule has 2 heterocycles. The van der Waals surface area contributed by atoms with E-state index in [4.69, 9.17) is 4.42 Å². The van der Waals surface area contributed by atoms with Crippen LogP contribution in [-0.2, 0) is 0 Å². The summed E-state index contributed by atoms with van der Waals surface area (Å²) in [6.45, 7) is 3.16. The summed E-state index contributed by atoms with van der Waals surface area (Å²) in [5, 5.41) is 6.84. The van der Waals surface area contributed by atoms with E-state index in [-0.39, 0.29) is 6.04 Å². The van der Waals surface area contributed by atoms with Crippen LogP contribution >= 0.6 is 11.3 Å². The highest BCUT2D eigenvalue weighted by Crippen LogP contribution is 2.30. The quantitative estimate of drug-likeness (QED) is 0.734. The van der Waals surface area contributed by atoms with E-state index >= 15 is 0 Å². The molecule has 19 heavy (non-hydrogen) atoms. The van der Waals surface area contributed by atoms with Gasteiger partial charge >= 0.3 is 0 Å². The molecule has 0 aliphatic rings. The van der Waals surface area contributed by atoms with E-state index in [0.29, 0.717) is 0 Å². The lowest BCUT2D eigenvalue weighted by Gasteiger charge is -2.14. The van der Waals surface area contributed by atoms with Gasteiger partial charge in [-0.3, -0.25) is 0 Å². The van der Waals surface area contributed by atoms with E-state index in [1.54, 1.807) is 11.3 Å². The molecule has 1 N–H and O–H groups in total. The van der Waals surface area contributed by atoms with E-state index in [2.05, 4.69) is 41.9 Å². The highest BCUT2D eigenvalue weighted by molar-refractivity contribution is 7.10. The molecule has 98 valence electrons. The maximum absolute atomic E-state index is 6.00. The Labute approximate surface area is 117 Å². The zero-order valence-electron chi connectivity index (χ0n) is 10.9. The third kappa shape index (κ3) is 2.57. The summed E-state index contributed by atoms with van der Waals surface area (Å²) in [6.07, 6.45) is 1.11. The maximum atomic E-state index is 6.00. The minimum atomic E-state index is 0.160. The van der Waals surface area contributed by atoms with Crippen LogP contribution in [0.15, 0.2) is 52.3 Å². The third-order valence-electron chi connectivity index (χ3n) is 3.16. The molecular weight excluding hydrogens is 254 g/mol. The molecule has 3 heteroatoms. The van der Waals surface area contributed by atoms with Crippen LogP contribution < -0.4 is 5.32 Å². The Morgan fingerprint density at radius 1 is 1.21 bits per heavy atom. The molecular formula is C16H17NOS. The molecule has 0 saturated heterocycles. The molecule has 0 saturated carbocycles. The number of hydrogen-bond acceptors (Lipinski definition) is 3. The molecule has 0 amide bonds. The smallest absolute Gasteiger partial charge is 0.134 e. The number of thiophene rings is 1. The van der Waals surface area contributed by atoms with Gasteiger partial charge in [-0.1, -0.05) is 31.2 Å². The van der Waals surface area contributed by atoms with Gasteiger partial charge in [0.2, 0.25) is 0 Å². The second-order valence-corrected chi connectivity index (χ2v) is 5.57. The van der Waals surface area contributed by atoms with Crippen LogP contribution in [0.4, 0.5) is 0 Å². The first-order valence-corrected chi connectivity index (χ1v) is 7.51. The topological polar surface area (TPSA) is 25.2 Å². The average molecular weight is 271 g/mol. The monoisotopic (exact) mass is 271 g/mol. The molecule has 3 aromatic rings. The summed E-state index contributed by atoms with van der Waals surface area (Å²) < 4.78 is 6.00. The van der Waals surface area contributed by atoms with Gasteiger partial charge in [-0.25, -0.2) is 0 Å². The zero-order chi connectivity index (χ0) is 13.1. The largest absolute Gasteiger partial charge is 0.459 e. The molecule has 1 unspecified atom stereocenters. The highest BCUT2D eigenvalue weighted by Gasteiger charge is 2.18. The van der Waals surface area contributed by atoms with Crippen molar-refractivity contribution in [3.8, 4) is 0 Å². The van der Waals surface area contributed by atoms with Crippen molar-refractivity contribution in [3.63, 3.8) is 0 Å². The van der Waals surface area contributed by atoms with Gasteiger partial charge in [0.1, 0.15) is 17.4 Å². The first-order chi connectivity index (χ1) is 9.38. The third-order valence-corrected chi connectivity index (χ3v) is 4.09. The van der Waals surface area contributed by atoms with Crippen LogP contribution in [0.2, 0.25) is 0 Å². The Morgan fingerprint density at radius 3 is 2.84 bits per heavy atom. The Hall–Kier alpha value is -1.58. The Balaban J connectivity index is 1.98. The molecule has 0 spiro atoms. The molecule has 2 nitrogen and oxygen atoms in total. The van der Waals surface area contributed by atoms with E-state index in [0.717, 1.165) is 29.7 Å². The molecule has 1 atom stereocenters. The summed E-state index contributed by atoms with van der Waals surface area (Å²) in [5.74, 6) is 0.997. The summed E-state index contributed by atoms with van der Waals surface area (Å²) in [7, 11) is 0. The van der Waals surface area contributed by atoms with Gasteiger partial charge in [0, 0.05) is 10.3 Å². The molecule has 0 aliphatic carbocycles. The molecule has 1 aromatic carbocycles. The zero-order valence-corrected chi connectivity index (χ0v) is 11.7. The molecule has 0 radical (unpaired) electrons. The number of furan rings is 1. The Bertz CT molecular complexity index is 609. The number of benzene rings is 1. The Morgan fingerprint density at radius 2 is 2.11 bits per heavy atom. The first kappa shape index (κ1) is 12.5. The first-order valence-electron chi connectivity index (χ1n) is 6.63. The predicted molar refractivity (Wildman–Crippen MR) is 80.7 cm³/mol. The lowest BCUT2D eigenvalue weighted by atomic mass is 10.1. The van der Waals surface area contributed by atoms with Crippen LogP contribution in [0.25, 0.3) is 11.0 Å². The van der Waals surface area contributed by atoms with Crippen molar-refractivity contribution in [2.24, 2.45) is 0 Å². The van der Waals surface area contributed by atoms with E-state index in [1.165, 1.54) is 4.88 Å². The highest BCUT2D eigenvalue weighted by atomic mass is 32.1. The van der Waals surface area contributed by atoms with Gasteiger partial charge in [0.05, 0.1) is 0 Å². The SMILES string of the molecule is CCCNC(c1cc2ccccc2o1)c1cccs1. The number of para-hydroxylation sites is 1. The van der Waals surface area contributed by atoms with Gasteiger partial charge < -0.3 is 9.73 Å². The molecule has 2 aromatic heterocycles. The second-order valence-electron chi connectivity index (χ2n) is 4.59. The summed E-state index contributed by atoms with van der Waals surface area (Å²) in [4.78, 5) is 1.30.